The van der Waals surface area contributed by atoms with E-state index < -0.39 is 0 Å². The van der Waals surface area contributed by atoms with Crippen molar-refractivity contribution >= 4 is 5.91 Å². The van der Waals surface area contributed by atoms with Crippen molar-refractivity contribution < 1.29 is 14.3 Å². The molecule has 3 fully saturated rings. The van der Waals surface area contributed by atoms with Gasteiger partial charge in [0.1, 0.15) is 0 Å². The molecule has 2 heterocycles. The molecule has 2 atom stereocenters. The van der Waals surface area contributed by atoms with Gasteiger partial charge in [-0.25, -0.2) is 0 Å². The van der Waals surface area contributed by atoms with Crippen LogP contribution in [0.3, 0.4) is 0 Å². The van der Waals surface area contributed by atoms with E-state index >= 15 is 0 Å². The van der Waals surface area contributed by atoms with Crippen molar-refractivity contribution in [2.24, 2.45) is 0 Å². The van der Waals surface area contributed by atoms with E-state index in [1.165, 1.54) is 18.4 Å². The molecule has 0 radical (unpaired) electrons. The molecule has 28 heavy (non-hydrogen) atoms. The van der Waals surface area contributed by atoms with Crippen molar-refractivity contribution in [2.45, 2.75) is 75.7 Å². The van der Waals surface area contributed by atoms with Crippen molar-refractivity contribution in [1.29, 1.82) is 0 Å². The minimum atomic E-state index is -0.356. The molecule has 5 nitrogen and oxygen atoms in total. The Labute approximate surface area is 168 Å². The summed E-state index contributed by atoms with van der Waals surface area (Å²) >= 11 is 0. The number of ether oxygens (including phenoxy) is 2. The smallest absolute Gasteiger partial charge is 0.234 e. The van der Waals surface area contributed by atoms with Crippen LogP contribution in [-0.4, -0.2) is 55.0 Å². The number of carbonyl (C=O) groups is 1. The van der Waals surface area contributed by atoms with Gasteiger partial charge >= 0.3 is 0 Å². The van der Waals surface area contributed by atoms with Gasteiger partial charge in [0.25, 0.3) is 0 Å². The van der Waals surface area contributed by atoms with Gasteiger partial charge in [-0.1, -0.05) is 37.3 Å². The second kappa shape index (κ2) is 8.93. The van der Waals surface area contributed by atoms with Gasteiger partial charge < -0.3 is 14.8 Å². The maximum absolute atomic E-state index is 12.8. The molecule has 2 saturated heterocycles. The zero-order chi connectivity index (χ0) is 19.4. The average Bonchev–Trinajstić information content (AvgIpc) is 3.36. The first-order valence-electron chi connectivity index (χ1n) is 11.1. The Kier molecular flexibility index (Phi) is 6.34. The molecule has 0 unspecified atom stereocenters. The Morgan fingerprint density at radius 1 is 1.18 bits per heavy atom. The number of amides is 1. The summed E-state index contributed by atoms with van der Waals surface area (Å²) in [5.41, 5.74) is 1.40. The van der Waals surface area contributed by atoms with Gasteiger partial charge in [0.15, 0.2) is 5.79 Å². The lowest BCUT2D eigenvalue weighted by molar-refractivity contribution is -0.180. The highest BCUT2D eigenvalue weighted by Crippen LogP contribution is 2.36. The maximum atomic E-state index is 12.8. The third-order valence-corrected chi connectivity index (χ3v) is 6.82. The number of likely N-dealkylation sites (tertiary alicyclic amines) is 1. The van der Waals surface area contributed by atoms with Crippen LogP contribution in [0.2, 0.25) is 0 Å². The molecule has 1 aromatic rings. The molecule has 0 aromatic heterocycles. The summed E-state index contributed by atoms with van der Waals surface area (Å²) < 4.78 is 11.6. The van der Waals surface area contributed by atoms with Crippen LogP contribution < -0.4 is 5.32 Å². The van der Waals surface area contributed by atoms with Crippen LogP contribution in [0.15, 0.2) is 30.3 Å². The Bertz CT molecular complexity index is 635. The topological polar surface area (TPSA) is 50.8 Å². The van der Waals surface area contributed by atoms with Crippen molar-refractivity contribution in [3.63, 3.8) is 0 Å². The fraction of sp³-hybridized carbons (Fsp3) is 0.696. The molecule has 1 N–H and O–H groups in total. The first-order chi connectivity index (χ1) is 13.7. The van der Waals surface area contributed by atoms with E-state index in [-0.39, 0.29) is 17.7 Å². The monoisotopic (exact) mass is 386 g/mol. The summed E-state index contributed by atoms with van der Waals surface area (Å²) in [5.74, 6) is 0.317. The van der Waals surface area contributed by atoms with Gasteiger partial charge in [-0.2, -0.15) is 0 Å². The highest BCUT2D eigenvalue weighted by molar-refractivity contribution is 5.78. The molecule has 2 aliphatic heterocycles. The summed E-state index contributed by atoms with van der Waals surface area (Å²) in [7, 11) is 0. The molecule has 1 spiro atoms. The summed E-state index contributed by atoms with van der Waals surface area (Å²) in [6.45, 7) is 5.21. The molecule has 0 bridgehead atoms. The zero-order valence-electron chi connectivity index (χ0n) is 17.1. The predicted molar refractivity (Wildman–Crippen MR) is 109 cm³/mol. The number of nitrogens with one attached hydrogen (secondary N) is 1. The Morgan fingerprint density at radius 2 is 1.89 bits per heavy atom. The fourth-order valence-corrected chi connectivity index (χ4v) is 5.38. The zero-order valence-corrected chi connectivity index (χ0v) is 17.1. The molecule has 1 aliphatic carbocycles. The van der Waals surface area contributed by atoms with E-state index in [0.29, 0.717) is 31.7 Å². The molecule has 1 amide bonds. The van der Waals surface area contributed by atoms with Crippen LogP contribution in [0, 0.1) is 0 Å². The number of hydrogen-bond acceptors (Lipinski definition) is 4. The molecule has 4 rings (SSSR count). The van der Waals surface area contributed by atoms with Crippen LogP contribution in [0.25, 0.3) is 0 Å². The minimum absolute atomic E-state index is 0.170. The van der Waals surface area contributed by atoms with Crippen LogP contribution >= 0.6 is 0 Å². The van der Waals surface area contributed by atoms with Crippen LogP contribution in [0.5, 0.6) is 0 Å². The molecule has 1 saturated carbocycles. The lowest BCUT2D eigenvalue weighted by atomic mass is 9.87. The van der Waals surface area contributed by atoms with E-state index in [1.807, 2.05) is 0 Å². The third kappa shape index (κ3) is 4.42. The van der Waals surface area contributed by atoms with Crippen molar-refractivity contribution in [2.75, 3.05) is 26.3 Å². The van der Waals surface area contributed by atoms with Crippen LogP contribution in [0.4, 0.5) is 0 Å². The number of carbonyl (C=O) groups excluding carboxylic acids is 1. The molecule has 3 aliphatic rings. The van der Waals surface area contributed by atoms with Gasteiger partial charge in [0.05, 0.1) is 19.8 Å². The number of rotatable bonds is 6. The largest absolute Gasteiger partial charge is 0.352 e. The summed E-state index contributed by atoms with van der Waals surface area (Å²) in [6.07, 6.45) is 7.13. The minimum Gasteiger partial charge on any atom is -0.352 e. The molecule has 154 valence electrons. The predicted octanol–water partition coefficient (Wildman–Crippen LogP) is 3.45. The van der Waals surface area contributed by atoms with E-state index in [1.54, 1.807) is 0 Å². The summed E-state index contributed by atoms with van der Waals surface area (Å²) in [5, 5.41) is 3.28. The van der Waals surface area contributed by atoms with E-state index in [9.17, 15) is 4.79 Å². The van der Waals surface area contributed by atoms with E-state index in [2.05, 4.69) is 47.5 Å². The number of benzene rings is 1. The quantitative estimate of drug-likeness (QED) is 0.814. The van der Waals surface area contributed by atoms with Gasteiger partial charge in [0.2, 0.25) is 5.91 Å². The lowest BCUT2D eigenvalue weighted by Gasteiger charge is -2.36. The molecule has 5 heteroatoms. The van der Waals surface area contributed by atoms with Gasteiger partial charge in [-0.05, 0) is 50.1 Å². The third-order valence-electron chi connectivity index (χ3n) is 6.82. The average molecular weight is 387 g/mol. The normalized spacial score (nSPS) is 26.5. The van der Waals surface area contributed by atoms with Crippen LogP contribution in [-0.2, 0) is 14.3 Å². The van der Waals surface area contributed by atoms with E-state index in [0.717, 1.165) is 38.6 Å². The highest BCUT2D eigenvalue weighted by atomic mass is 16.7. The lowest BCUT2D eigenvalue weighted by Crippen LogP contribution is -2.48. The number of nitrogens with zero attached hydrogens (tertiary/aromatic N) is 1. The van der Waals surface area contributed by atoms with Gasteiger partial charge in [-0.3, -0.25) is 9.69 Å². The first-order valence-corrected chi connectivity index (χ1v) is 11.1. The maximum Gasteiger partial charge on any atom is 0.234 e. The second-order valence-electron chi connectivity index (χ2n) is 8.55. The van der Waals surface area contributed by atoms with Gasteiger partial charge in [-0.15, -0.1) is 0 Å². The molecular weight excluding hydrogens is 352 g/mol. The molecular formula is C23H34N2O3. The fourth-order valence-electron chi connectivity index (χ4n) is 5.38. The van der Waals surface area contributed by atoms with E-state index in [4.69, 9.17) is 9.47 Å². The Balaban J connectivity index is 1.30. The van der Waals surface area contributed by atoms with Crippen molar-refractivity contribution in [3.8, 4) is 0 Å². The first kappa shape index (κ1) is 19.9. The highest BCUT2D eigenvalue weighted by Gasteiger charge is 2.41. The van der Waals surface area contributed by atoms with Gasteiger partial charge in [0, 0.05) is 24.9 Å². The van der Waals surface area contributed by atoms with Crippen LogP contribution in [0.1, 0.15) is 63.4 Å². The Morgan fingerprint density at radius 3 is 2.57 bits per heavy atom. The summed E-state index contributed by atoms with van der Waals surface area (Å²) in [6, 6.07) is 11.5. The SMILES string of the molecule is CC[C@@H](c1ccccc1)[C@H]1CCCN1CC(=O)NC1CCC2(CC1)OCCO2. The summed E-state index contributed by atoms with van der Waals surface area (Å²) in [4.78, 5) is 15.2. The van der Waals surface area contributed by atoms with Crippen molar-refractivity contribution in [1.82, 2.24) is 10.2 Å². The standard InChI is InChI=1S/C23H34N2O3/c1-2-20(18-7-4-3-5-8-18)21-9-6-14-25(21)17-22(26)24-19-10-12-23(13-11-19)27-15-16-28-23/h3-5,7-8,19-21H,2,6,9-17H2,1H3,(H,24,26)/t20-,21+/m0/s1. The molecule has 1 aromatic carbocycles. The number of hydrogen-bond donors (Lipinski definition) is 1. The van der Waals surface area contributed by atoms with Crippen molar-refractivity contribution in [3.05, 3.63) is 35.9 Å². The second-order valence-corrected chi connectivity index (χ2v) is 8.55. The Hall–Kier alpha value is -1.43.